The smallest absolute Gasteiger partial charge is 0.203 e. The molecule has 108 valence electrons. The number of aromatic nitrogens is 2. The fourth-order valence-corrected chi connectivity index (χ4v) is 3.15. The van der Waals surface area contributed by atoms with E-state index in [1.165, 1.54) is 32.1 Å². The average molecular weight is 263 g/mol. The summed E-state index contributed by atoms with van der Waals surface area (Å²) in [5.74, 6) is 2.53. The van der Waals surface area contributed by atoms with Crippen LogP contribution in [0, 0.1) is 18.8 Å². The summed E-state index contributed by atoms with van der Waals surface area (Å²) in [6, 6.07) is 0.535. The van der Waals surface area contributed by atoms with Gasteiger partial charge in [-0.2, -0.15) is 0 Å². The van der Waals surface area contributed by atoms with Crippen molar-refractivity contribution in [1.82, 2.24) is 9.55 Å². The van der Waals surface area contributed by atoms with Crippen molar-refractivity contribution in [3.8, 4) is 0 Å². The largest absolute Gasteiger partial charge is 0.353 e. The first-order chi connectivity index (χ1) is 9.06. The van der Waals surface area contributed by atoms with E-state index in [1.54, 1.807) is 0 Å². The maximum Gasteiger partial charge on any atom is 0.203 e. The van der Waals surface area contributed by atoms with Gasteiger partial charge in [-0.25, -0.2) is 4.98 Å². The molecule has 0 aromatic carbocycles. The second kappa shape index (κ2) is 6.44. The van der Waals surface area contributed by atoms with Gasteiger partial charge in [0.25, 0.3) is 0 Å². The van der Waals surface area contributed by atoms with Crippen molar-refractivity contribution in [2.75, 3.05) is 5.32 Å². The Morgan fingerprint density at radius 3 is 2.58 bits per heavy atom. The number of nitrogens with zero attached hydrogens (tertiary/aromatic N) is 2. The maximum absolute atomic E-state index is 4.65. The van der Waals surface area contributed by atoms with Gasteiger partial charge in [0.2, 0.25) is 5.95 Å². The van der Waals surface area contributed by atoms with Crippen molar-refractivity contribution in [2.24, 2.45) is 11.8 Å². The summed E-state index contributed by atoms with van der Waals surface area (Å²) < 4.78 is 2.28. The lowest BCUT2D eigenvalue weighted by Crippen LogP contribution is -2.29. The molecule has 1 aliphatic carbocycles. The Labute approximate surface area is 117 Å². The van der Waals surface area contributed by atoms with Crippen LogP contribution < -0.4 is 5.32 Å². The first-order valence-corrected chi connectivity index (χ1v) is 7.86. The second-order valence-electron chi connectivity index (χ2n) is 6.58. The Balaban J connectivity index is 2.00. The monoisotopic (exact) mass is 263 g/mol. The SMILES string of the molecule is Cc1cn(CC(C)C)c(NC(C)C2CCCCC2)n1. The van der Waals surface area contributed by atoms with Crippen LogP contribution in [0.25, 0.3) is 0 Å². The molecule has 1 aliphatic rings. The van der Waals surface area contributed by atoms with Crippen molar-refractivity contribution in [1.29, 1.82) is 0 Å². The van der Waals surface area contributed by atoms with Crippen LogP contribution in [-0.2, 0) is 6.54 Å². The molecule has 0 bridgehead atoms. The summed E-state index contributed by atoms with van der Waals surface area (Å²) in [5, 5.41) is 3.66. The molecule has 0 saturated heterocycles. The molecule has 1 N–H and O–H groups in total. The summed E-state index contributed by atoms with van der Waals surface area (Å²) in [6.07, 6.45) is 9.13. The van der Waals surface area contributed by atoms with E-state index in [0.717, 1.165) is 24.1 Å². The first kappa shape index (κ1) is 14.4. The highest BCUT2D eigenvalue weighted by Gasteiger charge is 2.21. The molecule has 0 spiro atoms. The zero-order valence-electron chi connectivity index (χ0n) is 12.9. The molecular formula is C16H29N3. The summed E-state index contributed by atoms with van der Waals surface area (Å²) in [6.45, 7) is 9.95. The highest BCUT2D eigenvalue weighted by Crippen LogP contribution is 2.28. The van der Waals surface area contributed by atoms with Crippen LogP contribution in [0.4, 0.5) is 5.95 Å². The van der Waals surface area contributed by atoms with E-state index >= 15 is 0 Å². The molecule has 0 amide bonds. The average Bonchev–Trinajstić information content (AvgIpc) is 2.69. The molecule has 1 aromatic rings. The molecule has 3 heteroatoms. The van der Waals surface area contributed by atoms with Crippen molar-refractivity contribution >= 4 is 5.95 Å². The highest BCUT2D eigenvalue weighted by molar-refractivity contribution is 5.30. The number of hydrogen-bond donors (Lipinski definition) is 1. The first-order valence-electron chi connectivity index (χ1n) is 7.86. The minimum Gasteiger partial charge on any atom is -0.353 e. The van der Waals surface area contributed by atoms with Gasteiger partial charge >= 0.3 is 0 Å². The van der Waals surface area contributed by atoms with Crippen molar-refractivity contribution in [3.63, 3.8) is 0 Å². The van der Waals surface area contributed by atoms with Gasteiger partial charge in [-0.05, 0) is 38.5 Å². The molecule has 1 fully saturated rings. The molecule has 3 nitrogen and oxygen atoms in total. The fraction of sp³-hybridized carbons (Fsp3) is 0.812. The number of aryl methyl sites for hydroxylation is 1. The molecule has 0 radical (unpaired) electrons. The Hall–Kier alpha value is -0.990. The van der Waals surface area contributed by atoms with Crippen LogP contribution >= 0.6 is 0 Å². The number of imidazole rings is 1. The quantitative estimate of drug-likeness (QED) is 0.861. The van der Waals surface area contributed by atoms with Crippen LogP contribution in [0.1, 0.15) is 58.6 Å². The van der Waals surface area contributed by atoms with Gasteiger partial charge in [-0.1, -0.05) is 33.1 Å². The molecule has 2 rings (SSSR count). The predicted octanol–water partition coefficient (Wildman–Crippen LogP) is 4.23. The zero-order valence-corrected chi connectivity index (χ0v) is 12.9. The number of rotatable bonds is 5. The molecule has 1 aromatic heterocycles. The minimum atomic E-state index is 0.535. The molecular weight excluding hydrogens is 234 g/mol. The van der Waals surface area contributed by atoms with E-state index in [1.807, 2.05) is 0 Å². The molecule has 0 aliphatic heterocycles. The summed E-state index contributed by atoms with van der Waals surface area (Å²) in [5.41, 5.74) is 1.11. The number of hydrogen-bond acceptors (Lipinski definition) is 2. The van der Waals surface area contributed by atoms with E-state index in [0.29, 0.717) is 12.0 Å². The molecule has 19 heavy (non-hydrogen) atoms. The Bertz CT molecular complexity index is 389. The minimum absolute atomic E-state index is 0.535. The van der Waals surface area contributed by atoms with Crippen molar-refractivity contribution in [2.45, 2.75) is 72.4 Å². The lowest BCUT2D eigenvalue weighted by molar-refractivity contribution is 0.327. The highest BCUT2D eigenvalue weighted by atomic mass is 15.2. The third-order valence-corrected chi connectivity index (χ3v) is 4.17. The van der Waals surface area contributed by atoms with E-state index in [4.69, 9.17) is 0 Å². The molecule has 1 unspecified atom stereocenters. The van der Waals surface area contributed by atoms with E-state index in [2.05, 4.69) is 48.8 Å². The normalized spacial score (nSPS) is 18.8. The Kier molecular flexibility index (Phi) is 4.89. The van der Waals surface area contributed by atoms with Gasteiger partial charge in [-0.15, -0.1) is 0 Å². The maximum atomic E-state index is 4.65. The fourth-order valence-electron chi connectivity index (χ4n) is 3.15. The van der Waals surface area contributed by atoms with Crippen LogP contribution in [-0.4, -0.2) is 15.6 Å². The second-order valence-corrected chi connectivity index (χ2v) is 6.58. The Morgan fingerprint density at radius 1 is 1.26 bits per heavy atom. The van der Waals surface area contributed by atoms with Gasteiger partial charge in [0.05, 0.1) is 5.69 Å². The number of anilines is 1. The number of nitrogens with one attached hydrogen (secondary N) is 1. The van der Waals surface area contributed by atoms with Crippen LogP contribution in [0.3, 0.4) is 0 Å². The topological polar surface area (TPSA) is 29.9 Å². The van der Waals surface area contributed by atoms with Gasteiger partial charge in [-0.3, -0.25) is 0 Å². The molecule has 1 heterocycles. The van der Waals surface area contributed by atoms with Gasteiger partial charge in [0.1, 0.15) is 0 Å². The third kappa shape index (κ3) is 3.99. The predicted molar refractivity (Wildman–Crippen MR) is 81.5 cm³/mol. The van der Waals surface area contributed by atoms with Gasteiger partial charge in [0, 0.05) is 18.8 Å². The van der Waals surface area contributed by atoms with Crippen molar-refractivity contribution in [3.05, 3.63) is 11.9 Å². The van der Waals surface area contributed by atoms with Crippen LogP contribution in [0.15, 0.2) is 6.20 Å². The van der Waals surface area contributed by atoms with E-state index < -0.39 is 0 Å². The van der Waals surface area contributed by atoms with E-state index in [-0.39, 0.29) is 0 Å². The van der Waals surface area contributed by atoms with Gasteiger partial charge in [0.15, 0.2) is 0 Å². The summed E-state index contributed by atoms with van der Waals surface area (Å²) in [4.78, 5) is 4.65. The lowest BCUT2D eigenvalue weighted by atomic mass is 9.85. The Morgan fingerprint density at radius 2 is 1.95 bits per heavy atom. The van der Waals surface area contributed by atoms with Crippen molar-refractivity contribution < 1.29 is 0 Å². The van der Waals surface area contributed by atoms with Crippen LogP contribution in [0.2, 0.25) is 0 Å². The van der Waals surface area contributed by atoms with Crippen LogP contribution in [0.5, 0.6) is 0 Å². The third-order valence-electron chi connectivity index (χ3n) is 4.17. The molecule has 1 atom stereocenters. The van der Waals surface area contributed by atoms with Gasteiger partial charge < -0.3 is 9.88 Å². The lowest BCUT2D eigenvalue weighted by Gasteiger charge is -2.28. The van der Waals surface area contributed by atoms with E-state index in [9.17, 15) is 0 Å². The molecule has 1 saturated carbocycles. The summed E-state index contributed by atoms with van der Waals surface area (Å²) in [7, 11) is 0. The summed E-state index contributed by atoms with van der Waals surface area (Å²) >= 11 is 0. The standard InChI is InChI=1S/C16H29N3/c1-12(2)10-19-11-13(3)17-16(19)18-14(4)15-8-6-5-7-9-15/h11-12,14-15H,5-10H2,1-4H3,(H,17,18). The zero-order chi connectivity index (χ0) is 13.8.